The molecule has 2 nitrogen and oxygen atoms in total. The molecule has 0 spiro atoms. The summed E-state index contributed by atoms with van der Waals surface area (Å²) in [5, 5.41) is 10.1. The number of hydrogen-bond acceptors (Lipinski definition) is 2. The van der Waals surface area contributed by atoms with Crippen LogP contribution in [-0.4, -0.2) is 29.6 Å². The third-order valence-corrected chi connectivity index (χ3v) is 4.60. The van der Waals surface area contributed by atoms with Crippen molar-refractivity contribution in [3.8, 4) is 0 Å². The summed E-state index contributed by atoms with van der Waals surface area (Å²) < 4.78 is 13.1. The van der Waals surface area contributed by atoms with Crippen molar-refractivity contribution in [2.45, 2.75) is 51.2 Å². The van der Waals surface area contributed by atoms with Crippen LogP contribution in [0.5, 0.6) is 0 Å². The fraction of sp³-hybridized carbons (Fsp3) is 0.647. The molecule has 1 aliphatic rings. The van der Waals surface area contributed by atoms with E-state index in [0.717, 1.165) is 12.5 Å². The highest BCUT2D eigenvalue weighted by atomic mass is 19.1. The Bertz CT molecular complexity index is 415. The molecule has 0 saturated heterocycles. The van der Waals surface area contributed by atoms with Gasteiger partial charge in [-0.05, 0) is 62.8 Å². The lowest BCUT2D eigenvalue weighted by atomic mass is 9.86. The second-order valence-corrected chi connectivity index (χ2v) is 6.25. The van der Waals surface area contributed by atoms with E-state index in [-0.39, 0.29) is 5.82 Å². The van der Waals surface area contributed by atoms with Crippen molar-refractivity contribution < 1.29 is 9.50 Å². The van der Waals surface area contributed by atoms with E-state index < -0.39 is 6.10 Å². The van der Waals surface area contributed by atoms with E-state index in [0.29, 0.717) is 18.0 Å². The predicted octanol–water partition coefficient (Wildman–Crippen LogP) is 3.76. The molecule has 2 rings (SSSR count). The minimum atomic E-state index is -0.573. The lowest BCUT2D eigenvalue weighted by Gasteiger charge is -2.34. The van der Waals surface area contributed by atoms with Crippen molar-refractivity contribution in [1.82, 2.24) is 4.90 Å². The van der Waals surface area contributed by atoms with Gasteiger partial charge in [-0.3, -0.25) is 0 Å². The number of nitrogens with zero attached hydrogens (tertiary/aromatic N) is 1. The van der Waals surface area contributed by atoms with Crippen molar-refractivity contribution in [3.63, 3.8) is 0 Å². The molecular weight excluding hydrogens is 253 g/mol. The van der Waals surface area contributed by atoms with Gasteiger partial charge in [0.2, 0.25) is 0 Å². The van der Waals surface area contributed by atoms with Crippen molar-refractivity contribution in [2.75, 3.05) is 13.6 Å². The SMILES string of the molecule is CC1CCC(N(C)CCC(O)c2cccc(F)c2)CC1. The molecule has 1 aromatic carbocycles. The summed E-state index contributed by atoms with van der Waals surface area (Å²) in [4.78, 5) is 2.36. The van der Waals surface area contributed by atoms with Gasteiger partial charge in [0.15, 0.2) is 0 Å². The van der Waals surface area contributed by atoms with Crippen LogP contribution in [0.3, 0.4) is 0 Å². The van der Waals surface area contributed by atoms with Crippen LogP contribution in [-0.2, 0) is 0 Å². The van der Waals surface area contributed by atoms with Gasteiger partial charge in [-0.25, -0.2) is 4.39 Å². The van der Waals surface area contributed by atoms with Crippen LogP contribution in [0, 0.1) is 11.7 Å². The fourth-order valence-electron chi connectivity index (χ4n) is 3.07. The molecule has 1 aliphatic carbocycles. The maximum absolute atomic E-state index is 13.1. The van der Waals surface area contributed by atoms with Gasteiger partial charge >= 0.3 is 0 Å². The number of aliphatic hydroxyl groups excluding tert-OH is 1. The summed E-state index contributed by atoms with van der Waals surface area (Å²) in [7, 11) is 2.14. The highest BCUT2D eigenvalue weighted by molar-refractivity contribution is 5.18. The topological polar surface area (TPSA) is 23.5 Å². The van der Waals surface area contributed by atoms with Gasteiger partial charge < -0.3 is 10.0 Å². The summed E-state index contributed by atoms with van der Waals surface area (Å²) in [6.45, 7) is 3.18. The standard InChI is InChI=1S/C17H26FNO/c1-13-6-8-16(9-7-13)19(2)11-10-17(20)14-4-3-5-15(18)12-14/h3-5,12-13,16-17,20H,6-11H2,1-2H3. The quantitative estimate of drug-likeness (QED) is 0.887. The monoisotopic (exact) mass is 279 g/mol. The maximum atomic E-state index is 13.1. The first-order valence-electron chi connectivity index (χ1n) is 7.70. The van der Waals surface area contributed by atoms with Crippen molar-refractivity contribution in [1.29, 1.82) is 0 Å². The zero-order valence-corrected chi connectivity index (χ0v) is 12.6. The van der Waals surface area contributed by atoms with E-state index in [1.807, 2.05) is 0 Å². The van der Waals surface area contributed by atoms with E-state index in [4.69, 9.17) is 0 Å². The number of aliphatic hydroxyl groups is 1. The molecular formula is C17H26FNO. The summed E-state index contributed by atoms with van der Waals surface area (Å²) in [5.74, 6) is 0.578. The molecule has 0 heterocycles. The maximum Gasteiger partial charge on any atom is 0.123 e. The molecule has 20 heavy (non-hydrogen) atoms. The summed E-state index contributed by atoms with van der Waals surface area (Å²) >= 11 is 0. The largest absolute Gasteiger partial charge is 0.388 e. The molecule has 1 N–H and O–H groups in total. The summed E-state index contributed by atoms with van der Waals surface area (Å²) in [6.07, 6.45) is 5.21. The van der Waals surface area contributed by atoms with Crippen LogP contribution in [0.1, 0.15) is 50.7 Å². The van der Waals surface area contributed by atoms with Crippen LogP contribution in [0.4, 0.5) is 4.39 Å². The molecule has 0 amide bonds. The third-order valence-electron chi connectivity index (χ3n) is 4.60. The predicted molar refractivity (Wildman–Crippen MR) is 80.0 cm³/mol. The van der Waals surface area contributed by atoms with Gasteiger partial charge in [0.05, 0.1) is 6.10 Å². The minimum Gasteiger partial charge on any atom is -0.388 e. The first kappa shape index (κ1) is 15.5. The molecule has 0 bridgehead atoms. The van der Waals surface area contributed by atoms with Gasteiger partial charge in [-0.1, -0.05) is 19.1 Å². The second-order valence-electron chi connectivity index (χ2n) is 6.25. The molecule has 1 aromatic rings. The highest BCUT2D eigenvalue weighted by Gasteiger charge is 2.22. The average molecular weight is 279 g/mol. The Labute approximate surface area is 121 Å². The Morgan fingerprint density at radius 3 is 2.65 bits per heavy atom. The minimum absolute atomic E-state index is 0.281. The molecule has 1 fully saturated rings. The first-order valence-corrected chi connectivity index (χ1v) is 7.70. The van der Waals surface area contributed by atoms with Crippen molar-refractivity contribution in [3.05, 3.63) is 35.6 Å². The smallest absolute Gasteiger partial charge is 0.123 e. The lowest BCUT2D eigenvalue weighted by molar-refractivity contribution is 0.119. The fourth-order valence-corrected chi connectivity index (χ4v) is 3.07. The molecule has 112 valence electrons. The highest BCUT2D eigenvalue weighted by Crippen LogP contribution is 2.27. The van der Waals surface area contributed by atoms with Crippen LogP contribution in [0.2, 0.25) is 0 Å². The molecule has 1 unspecified atom stereocenters. The van der Waals surface area contributed by atoms with E-state index in [1.165, 1.54) is 37.8 Å². The third kappa shape index (κ3) is 4.29. The van der Waals surface area contributed by atoms with E-state index in [1.54, 1.807) is 12.1 Å². The van der Waals surface area contributed by atoms with Gasteiger partial charge in [0.1, 0.15) is 5.82 Å². The van der Waals surface area contributed by atoms with E-state index in [2.05, 4.69) is 18.9 Å². The van der Waals surface area contributed by atoms with Gasteiger partial charge in [0.25, 0.3) is 0 Å². The Morgan fingerprint density at radius 2 is 2.00 bits per heavy atom. The summed E-state index contributed by atoms with van der Waals surface area (Å²) in [6, 6.07) is 6.92. The summed E-state index contributed by atoms with van der Waals surface area (Å²) in [5.41, 5.74) is 0.677. The number of halogens is 1. The Balaban J connectivity index is 1.79. The average Bonchev–Trinajstić information content (AvgIpc) is 2.45. The zero-order chi connectivity index (χ0) is 14.5. The Morgan fingerprint density at radius 1 is 1.30 bits per heavy atom. The molecule has 0 radical (unpaired) electrons. The molecule has 1 saturated carbocycles. The van der Waals surface area contributed by atoms with Crippen LogP contribution >= 0.6 is 0 Å². The first-order chi connectivity index (χ1) is 9.56. The van der Waals surface area contributed by atoms with Crippen LogP contribution < -0.4 is 0 Å². The zero-order valence-electron chi connectivity index (χ0n) is 12.6. The van der Waals surface area contributed by atoms with Crippen LogP contribution in [0.25, 0.3) is 0 Å². The molecule has 0 aliphatic heterocycles. The van der Waals surface area contributed by atoms with Gasteiger partial charge in [0, 0.05) is 12.6 Å². The van der Waals surface area contributed by atoms with Crippen molar-refractivity contribution >= 4 is 0 Å². The van der Waals surface area contributed by atoms with Gasteiger partial charge in [-0.15, -0.1) is 0 Å². The molecule has 1 atom stereocenters. The normalized spacial score (nSPS) is 24.9. The van der Waals surface area contributed by atoms with E-state index >= 15 is 0 Å². The van der Waals surface area contributed by atoms with E-state index in [9.17, 15) is 9.50 Å². The Kier molecular flexibility index (Phi) is 5.55. The van der Waals surface area contributed by atoms with Gasteiger partial charge in [-0.2, -0.15) is 0 Å². The lowest BCUT2D eigenvalue weighted by Crippen LogP contribution is -2.35. The molecule has 3 heteroatoms. The molecule has 0 aromatic heterocycles. The number of rotatable bonds is 5. The second kappa shape index (κ2) is 7.19. The Hall–Kier alpha value is -0.930. The van der Waals surface area contributed by atoms with Crippen LogP contribution in [0.15, 0.2) is 24.3 Å². The number of benzene rings is 1. The number of hydrogen-bond donors (Lipinski definition) is 1. The van der Waals surface area contributed by atoms with Crippen molar-refractivity contribution in [2.24, 2.45) is 5.92 Å².